The molecule has 4 atom stereocenters. The summed E-state index contributed by atoms with van der Waals surface area (Å²) in [4.78, 5) is 9.39. The van der Waals surface area contributed by atoms with Crippen molar-refractivity contribution in [1.82, 2.24) is 0 Å². The molecule has 130 valence electrons. The third kappa shape index (κ3) is 4.74. The molecule has 4 heteroatoms. The maximum absolute atomic E-state index is 6.15. The van der Waals surface area contributed by atoms with E-state index in [1.54, 1.807) is 0 Å². The van der Waals surface area contributed by atoms with Gasteiger partial charge in [-0.05, 0) is 36.8 Å². The number of nitrogens with two attached hydrogens (primary N) is 2. The molecule has 0 unspecified atom stereocenters. The molecule has 0 amide bonds. The highest BCUT2D eigenvalue weighted by molar-refractivity contribution is 5.84. The predicted molar refractivity (Wildman–Crippen MR) is 102 cm³/mol. The van der Waals surface area contributed by atoms with Gasteiger partial charge >= 0.3 is 0 Å². The average molecular weight is 326 g/mol. The van der Waals surface area contributed by atoms with E-state index in [0.29, 0.717) is 0 Å². The average Bonchev–Trinajstić information content (AvgIpc) is 2.61. The Bertz CT molecular complexity index is 513. The second-order valence-corrected chi connectivity index (χ2v) is 7.25. The molecule has 0 radical (unpaired) electrons. The standard InChI is InChI=1S/C20H30N4/c21-17-5-1-3-7-19(17)23-13-15-9-11-16(12-10-15)14-24-20-8-4-2-6-18(20)22/h9-14,17-20H,1-8,21-22H2/t17-,18-,19-,20-/m1/s1. The molecule has 4 N–H and O–H groups in total. The Labute approximate surface area is 145 Å². The smallest absolute Gasteiger partial charge is 0.0650 e. The normalized spacial score (nSPS) is 31.8. The fourth-order valence-electron chi connectivity index (χ4n) is 3.68. The minimum Gasteiger partial charge on any atom is -0.326 e. The first-order valence-corrected chi connectivity index (χ1v) is 9.40. The summed E-state index contributed by atoms with van der Waals surface area (Å²) in [5.41, 5.74) is 14.5. The molecular weight excluding hydrogens is 296 g/mol. The number of rotatable bonds is 4. The molecule has 1 aromatic rings. The minimum atomic E-state index is 0.223. The lowest BCUT2D eigenvalue weighted by Gasteiger charge is -2.25. The molecule has 2 aliphatic carbocycles. The van der Waals surface area contributed by atoms with E-state index in [9.17, 15) is 0 Å². The maximum atomic E-state index is 6.15. The lowest BCUT2D eigenvalue weighted by molar-refractivity contribution is 0.387. The minimum absolute atomic E-state index is 0.223. The summed E-state index contributed by atoms with van der Waals surface area (Å²) in [6, 6.07) is 9.41. The first-order valence-electron chi connectivity index (χ1n) is 9.40. The van der Waals surface area contributed by atoms with Crippen molar-refractivity contribution >= 4 is 12.4 Å². The fraction of sp³-hybridized carbons (Fsp3) is 0.600. The molecule has 3 rings (SSSR count). The van der Waals surface area contributed by atoms with Crippen LogP contribution < -0.4 is 11.5 Å². The first-order chi connectivity index (χ1) is 11.7. The van der Waals surface area contributed by atoms with E-state index in [1.807, 2.05) is 12.4 Å². The quantitative estimate of drug-likeness (QED) is 0.834. The monoisotopic (exact) mass is 326 g/mol. The van der Waals surface area contributed by atoms with Crippen LogP contribution >= 0.6 is 0 Å². The third-order valence-corrected chi connectivity index (χ3v) is 5.33. The summed E-state index contributed by atoms with van der Waals surface area (Å²) < 4.78 is 0. The van der Waals surface area contributed by atoms with Gasteiger partial charge in [-0.3, -0.25) is 9.98 Å². The van der Waals surface area contributed by atoms with Crippen LogP contribution in [0.2, 0.25) is 0 Å². The second kappa shape index (κ2) is 8.54. The molecule has 4 nitrogen and oxygen atoms in total. The van der Waals surface area contributed by atoms with Crippen molar-refractivity contribution in [2.24, 2.45) is 21.5 Å². The molecule has 0 saturated heterocycles. The van der Waals surface area contributed by atoms with Crippen LogP contribution in [-0.4, -0.2) is 36.6 Å². The zero-order chi connectivity index (χ0) is 16.8. The summed E-state index contributed by atoms with van der Waals surface area (Å²) >= 11 is 0. The Balaban J connectivity index is 1.56. The molecule has 0 aliphatic heterocycles. The predicted octanol–water partition coefficient (Wildman–Crippen LogP) is 3.06. The second-order valence-electron chi connectivity index (χ2n) is 7.25. The third-order valence-electron chi connectivity index (χ3n) is 5.33. The first kappa shape index (κ1) is 17.3. The van der Waals surface area contributed by atoms with Gasteiger partial charge < -0.3 is 11.5 Å². The highest BCUT2D eigenvalue weighted by Gasteiger charge is 2.20. The fourth-order valence-corrected chi connectivity index (χ4v) is 3.68. The van der Waals surface area contributed by atoms with Gasteiger partial charge in [0.2, 0.25) is 0 Å². The molecule has 0 spiro atoms. The Kier molecular flexibility index (Phi) is 6.16. The van der Waals surface area contributed by atoms with E-state index in [-0.39, 0.29) is 24.2 Å². The molecule has 1 aromatic carbocycles. The van der Waals surface area contributed by atoms with E-state index >= 15 is 0 Å². The molecule has 0 heterocycles. The van der Waals surface area contributed by atoms with Crippen LogP contribution in [-0.2, 0) is 0 Å². The van der Waals surface area contributed by atoms with Crippen LogP contribution in [0.25, 0.3) is 0 Å². The van der Waals surface area contributed by atoms with Crippen molar-refractivity contribution in [1.29, 1.82) is 0 Å². The van der Waals surface area contributed by atoms with Crippen LogP contribution in [0, 0.1) is 0 Å². The summed E-state index contributed by atoms with van der Waals surface area (Å²) in [7, 11) is 0. The van der Waals surface area contributed by atoms with Gasteiger partial charge in [0.05, 0.1) is 12.1 Å². The van der Waals surface area contributed by atoms with Gasteiger partial charge in [-0.15, -0.1) is 0 Å². The Morgan fingerprint density at radius 2 is 1.04 bits per heavy atom. The zero-order valence-electron chi connectivity index (χ0n) is 14.5. The summed E-state index contributed by atoms with van der Waals surface area (Å²) in [5, 5.41) is 0. The van der Waals surface area contributed by atoms with Gasteiger partial charge in [0.15, 0.2) is 0 Å². The van der Waals surface area contributed by atoms with Crippen molar-refractivity contribution < 1.29 is 0 Å². The molecule has 0 aromatic heterocycles. The number of benzene rings is 1. The van der Waals surface area contributed by atoms with Crippen molar-refractivity contribution in [2.75, 3.05) is 0 Å². The van der Waals surface area contributed by atoms with Crippen molar-refractivity contribution in [3.63, 3.8) is 0 Å². The SMILES string of the molecule is N[C@@H]1CCCC[C@H]1N=Cc1ccc(C=N[C@@H]2CCCC[C@H]2N)cc1. The molecule has 2 saturated carbocycles. The number of nitrogens with zero attached hydrogens (tertiary/aromatic N) is 2. The lowest BCUT2D eigenvalue weighted by atomic mass is 9.91. The van der Waals surface area contributed by atoms with E-state index in [4.69, 9.17) is 21.5 Å². The highest BCUT2D eigenvalue weighted by Crippen LogP contribution is 2.20. The van der Waals surface area contributed by atoms with E-state index in [1.165, 1.54) is 25.7 Å². The van der Waals surface area contributed by atoms with Crippen LogP contribution in [0.1, 0.15) is 62.5 Å². The number of aliphatic imine (C=N–C) groups is 2. The van der Waals surface area contributed by atoms with Crippen LogP contribution in [0.3, 0.4) is 0 Å². The lowest BCUT2D eigenvalue weighted by Crippen LogP contribution is -2.36. The van der Waals surface area contributed by atoms with Crippen molar-refractivity contribution in [3.05, 3.63) is 35.4 Å². The van der Waals surface area contributed by atoms with Gasteiger partial charge in [-0.2, -0.15) is 0 Å². The Morgan fingerprint density at radius 1 is 0.667 bits per heavy atom. The Morgan fingerprint density at radius 3 is 1.42 bits per heavy atom. The topological polar surface area (TPSA) is 76.8 Å². The van der Waals surface area contributed by atoms with Crippen LogP contribution in [0.4, 0.5) is 0 Å². The van der Waals surface area contributed by atoms with Gasteiger partial charge in [0, 0.05) is 24.5 Å². The van der Waals surface area contributed by atoms with Crippen molar-refractivity contribution in [2.45, 2.75) is 75.5 Å². The summed E-state index contributed by atoms with van der Waals surface area (Å²) in [5.74, 6) is 0. The van der Waals surface area contributed by atoms with Gasteiger partial charge in [0.25, 0.3) is 0 Å². The molecule has 0 bridgehead atoms. The molecular formula is C20H30N4. The van der Waals surface area contributed by atoms with E-state index < -0.39 is 0 Å². The van der Waals surface area contributed by atoms with Crippen molar-refractivity contribution in [3.8, 4) is 0 Å². The van der Waals surface area contributed by atoms with E-state index in [2.05, 4.69) is 24.3 Å². The number of hydrogen-bond acceptors (Lipinski definition) is 4. The summed E-state index contributed by atoms with van der Waals surface area (Å²) in [6.07, 6.45) is 13.3. The van der Waals surface area contributed by atoms with Gasteiger partial charge in [-0.1, -0.05) is 49.9 Å². The Hall–Kier alpha value is -1.52. The summed E-state index contributed by atoms with van der Waals surface area (Å²) in [6.45, 7) is 0. The van der Waals surface area contributed by atoms with E-state index in [0.717, 1.165) is 36.8 Å². The molecule has 24 heavy (non-hydrogen) atoms. The number of hydrogen-bond donors (Lipinski definition) is 2. The van der Waals surface area contributed by atoms with Gasteiger partial charge in [-0.25, -0.2) is 0 Å². The van der Waals surface area contributed by atoms with Gasteiger partial charge in [0.1, 0.15) is 0 Å². The highest BCUT2D eigenvalue weighted by atomic mass is 14.9. The molecule has 2 aliphatic rings. The largest absolute Gasteiger partial charge is 0.326 e. The maximum Gasteiger partial charge on any atom is 0.0650 e. The van der Waals surface area contributed by atoms with Crippen LogP contribution in [0.5, 0.6) is 0 Å². The zero-order valence-corrected chi connectivity index (χ0v) is 14.5. The van der Waals surface area contributed by atoms with Crippen LogP contribution in [0.15, 0.2) is 34.3 Å². The molecule has 2 fully saturated rings.